The molecule has 18 heavy (non-hydrogen) atoms. The third kappa shape index (κ3) is 3.50. The van der Waals surface area contributed by atoms with E-state index in [0.717, 1.165) is 20.7 Å². The molecule has 0 heterocycles. The van der Waals surface area contributed by atoms with Crippen molar-refractivity contribution in [1.29, 1.82) is 5.26 Å². The molecule has 0 amide bonds. The van der Waals surface area contributed by atoms with Gasteiger partial charge in [-0.25, -0.2) is 0 Å². The van der Waals surface area contributed by atoms with Gasteiger partial charge < -0.3 is 0 Å². The molecule has 2 rings (SSSR count). The standard InChI is InChI=1S/C14H9BrINS/c15-12-5-6-13(16)11(7-12)9-18-14-4-2-1-3-10(14)8-17/h1-7H,9H2. The smallest absolute Gasteiger partial charge is 0.100 e. The van der Waals surface area contributed by atoms with Gasteiger partial charge in [0.15, 0.2) is 0 Å². The summed E-state index contributed by atoms with van der Waals surface area (Å²) in [6.07, 6.45) is 0. The zero-order valence-corrected chi connectivity index (χ0v) is 13.9. The van der Waals surface area contributed by atoms with Gasteiger partial charge in [0, 0.05) is 18.7 Å². The van der Waals surface area contributed by atoms with Crippen molar-refractivity contribution in [3.05, 3.63) is 61.6 Å². The van der Waals surface area contributed by atoms with Crippen LogP contribution >= 0.6 is 50.3 Å². The van der Waals surface area contributed by atoms with Crippen molar-refractivity contribution in [1.82, 2.24) is 0 Å². The van der Waals surface area contributed by atoms with E-state index in [4.69, 9.17) is 5.26 Å². The number of nitriles is 1. The number of rotatable bonds is 3. The maximum Gasteiger partial charge on any atom is 0.100 e. The summed E-state index contributed by atoms with van der Waals surface area (Å²) in [6, 6.07) is 16.2. The molecule has 4 heteroatoms. The van der Waals surface area contributed by atoms with Crippen molar-refractivity contribution in [2.45, 2.75) is 10.6 Å². The van der Waals surface area contributed by atoms with Crippen LogP contribution in [0.3, 0.4) is 0 Å². The Kier molecular flexibility index (Phi) is 5.10. The summed E-state index contributed by atoms with van der Waals surface area (Å²) in [5, 5.41) is 9.04. The zero-order chi connectivity index (χ0) is 13.0. The van der Waals surface area contributed by atoms with Crippen LogP contribution in [0, 0.1) is 14.9 Å². The number of nitrogens with zero attached hydrogens (tertiary/aromatic N) is 1. The van der Waals surface area contributed by atoms with Gasteiger partial charge >= 0.3 is 0 Å². The summed E-state index contributed by atoms with van der Waals surface area (Å²) in [5.41, 5.74) is 2.02. The lowest BCUT2D eigenvalue weighted by Gasteiger charge is -2.06. The fourth-order valence-corrected chi connectivity index (χ4v) is 3.68. The molecule has 0 aromatic heterocycles. The molecule has 0 fully saturated rings. The molecule has 0 N–H and O–H groups in total. The Morgan fingerprint density at radius 2 is 2.00 bits per heavy atom. The van der Waals surface area contributed by atoms with Crippen LogP contribution in [0.4, 0.5) is 0 Å². The summed E-state index contributed by atoms with van der Waals surface area (Å²) in [5.74, 6) is 0.871. The van der Waals surface area contributed by atoms with Crippen LogP contribution in [-0.2, 0) is 5.75 Å². The monoisotopic (exact) mass is 429 g/mol. The Balaban J connectivity index is 2.17. The Morgan fingerprint density at radius 3 is 2.78 bits per heavy atom. The molecule has 2 aromatic carbocycles. The molecule has 0 spiro atoms. The average molecular weight is 430 g/mol. The molecule has 0 bridgehead atoms. The number of halogens is 2. The minimum Gasteiger partial charge on any atom is -0.192 e. The predicted octanol–water partition coefficient (Wildman–Crippen LogP) is 5.22. The molecule has 0 atom stereocenters. The second kappa shape index (κ2) is 6.60. The molecular weight excluding hydrogens is 421 g/mol. The van der Waals surface area contributed by atoms with Crippen LogP contribution in [0.1, 0.15) is 11.1 Å². The first kappa shape index (κ1) is 13.9. The number of benzene rings is 2. The molecule has 1 nitrogen and oxygen atoms in total. The number of thioether (sulfide) groups is 1. The highest BCUT2D eigenvalue weighted by atomic mass is 127. The Morgan fingerprint density at radius 1 is 1.22 bits per heavy atom. The average Bonchev–Trinajstić information content (AvgIpc) is 2.40. The minimum absolute atomic E-state index is 0.743. The van der Waals surface area contributed by atoms with Crippen LogP contribution in [-0.4, -0.2) is 0 Å². The fraction of sp³-hybridized carbons (Fsp3) is 0.0714. The van der Waals surface area contributed by atoms with E-state index in [0.29, 0.717) is 0 Å². The van der Waals surface area contributed by atoms with Crippen molar-refractivity contribution >= 4 is 50.3 Å². The Labute approximate surface area is 133 Å². The SMILES string of the molecule is N#Cc1ccccc1SCc1cc(Br)ccc1I. The number of hydrogen-bond donors (Lipinski definition) is 0. The maximum atomic E-state index is 9.04. The second-order valence-electron chi connectivity index (χ2n) is 3.63. The summed E-state index contributed by atoms with van der Waals surface area (Å²) < 4.78 is 2.34. The topological polar surface area (TPSA) is 23.8 Å². The van der Waals surface area contributed by atoms with E-state index in [1.807, 2.05) is 30.3 Å². The third-order valence-electron chi connectivity index (χ3n) is 2.40. The van der Waals surface area contributed by atoms with Crippen molar-refractivity contribution < 1.29 is 0 Å². The first-order valence-corrected chi connectivity index (χ1v) is 8.12. The molecule has 2 aromatic rings. The largest absolute Gasteiger partial charge is 0.192 e. The Hall–Kier alpha value is -0.510. The highest BCUT2D eigenvalue weighted by molar-refractivity contribution is 14.1. The van der Waals surface area contributed by atoms with Gasteiger partial charge in [0.1, 0.15) is 6.07 Å². The molecule has 0 saturated carbocycles. The maximum absolute atomic E-state index is 9.04. The van der Waals surface area contributed by atoms with Crippen LogP contribution in [0.25, 0.3) is 0 Å². The van der Waals surface area contributed by atoms with Crippen molar-refractivity contribution in [3.8, 4) is 6.07 Å². The molecule has 0 aliphatic heterocycles. The molecule has 0 saturated heterocycles. The van der Waals surface area contributed by atoms with Crippen molar-refractivity contribution in [3.63, 3.8) is 0 Å². The van der Waals surface area contributed by atoms with E-state index in [-0.39, 0.29) is 0 Å². The van der Waals surface area contributed by atoms with E-state index in [9.17, 15) is 0 Å². The van der Waals surface area contributed by atoms with Crippen LogP contribution in [0.15, 0.2) is 51.8 Å². The van der Waals surface area contributed by atoms with E-state index in [1.54, 1.807) is 11.8 Å². The zero-order valence-electron chi connectivity index (χ0n) is 9.36. The van der Waals surface area contributed by atoms with E-state index in [2.05, 4.69) is 56.7 Å². The second-order valence-corrected chi connectivity index (χ2v) is 6.73. The van der Waals surface area contributed by atoms with Gasteiger partial charge in [-0.05, 0) is 58.5 Å². The van der Waals surface area contributed by atoms with Gasteiger partial charge in [-0.15, -0.1) is 11.8 Å². The predicted molar refractivity (Wildman–Crippen MR) is 87.6 cm³/mol. The van der Waals surface area contributed by atoms with Gasteiger partial charge in [-0.2, -0.15) is 5.26 Å². The third-order valence-corrected chi connectivity index (χ3v) is 5.07. The van der Waals surface area contributed by atoms with Crippen molar-refractivity contribution in [2.75, 3.05) is 0 Å². The molecule has 0 unspecified atom stereocenters. The van der Waals surface area contributed by atoms with E-state index < -0.39 is 0 Å². The fourth-order valence-electron chi connectivity index (χ4n) is 1.49. The van der Waals surface area contributed by atoms with Gasteiger partial charge in [0.05, 0.1) is 5.56 Å². The molecule has 0 aliphatic rings. The molecular formula is C14H9BrINS. The first-order chi connectivity index (χ1) is 8.70. The van der Waals surface area contributed by atoms with Gasteiger partial charge in [0.25, 0.3) is 0 Å². The lowest BCUT2D eigenvalue weighted by atomic mass is 10.2. The van der Waals surface area contributed by atoms with Crippen LogP contribution < -0.4 is 0 Å². The van der Waals surface area contributed by atoms with Crippen molar-refractivity contribution in [2.24, 2.45) is 0 Å². The summed E-state index contributed by atoms with van der Waals surface area (Å²) >= 11 is 7.52. The van der Waals surface area contributed by atoms with E-state index in [1.165, 1.54) is 9.13 Å². The normalized spacial score (nSPS) is 10.1. The first-order valence-electron chi connectivity index (χ1n) is 5.26. The number of hydrogen-bond acceptors (Lipinski definition) is 2. The van der Waals surface area contributed by atoms with Crippen LogP contribution in [0.5, 0.6) is 0 Å². The van der Waals surface area contributed by atoms with Gasteiger partial charge in [0.2, 0.25) is 0 Å². The highest BCUT2D eigenvalue weighted by Gasteiger charge is 2.05. The van der Waals surface area contributed by atoms with E-state index >= 15 is 0 Å². The molecule has 0 aliphatic carbocycles. The van der Waals surface area contributed by atoms with Crippen LogP contribution in [0.2, 0.25) is 0 Å². The van der Waals surface area contributed by atoms with Gasteiger partial charge in [-0.1, -0.05) is 28.1 Å². The molecule has 90 valence electrons. The lowest BCUT2D eigenvalue weighted by Crippen LogP contribution is -1.87. The Bertz CT molecular complexity index is 607. The minimum atomic E-state index is 0.743. The summed E-state index contributed by atoms with van der Waals surface area (Å²) in [6.45, 7) is 0. The quantitative estimate of drug-likeness (QED) is 0.493. The molecule has 0 radical (unpaired) electrons. The van der Waals surface area contributed by atoms with Gasteiger partial charge in [-0.3, -0.25) is 0 Å². The summed E-state index contributed by atoms with van der Waals surface area (Å²) in [4.78, 5) is 1.04. The summed E-state index contributed by atoms with van der Waals surface area (Å²) in [7, 11) is 0. The lowest BCUT2D eigenvalue weighted by molar-refractivity contribution is 1.32. The highest BCUT2D eigenvalue weighted by Crippen LogP contribution is 2.29.